The Bertz CT molecular complexity index is 307. The molecule has 1 saturated heterocycles. The molecule has 0 spiro atoms. The van der Waals surface area contributed by atoms with Crippen molar-refractivity contribution in [3.63, 3.8) is 0 Å². The highest BCUT2D eigenvalue weighted by Gasteiger charge is 2.39. The Morgan fingerprint density at radius 3 is 2.44 bits per heavy atom. The van der Waals surface area contributed by atoms with E-state index < -0.39 is 6.23 Å². The van der Waals surface area contributed by atoms with Gasteiger partial charge < -0.3 is 15.3 Å². The lowest BCUT2D eigenvalue weighted by Crippen LogP contribution is -2.55. The number of nitrogens with zero attached hydrogens (tertiary/aromatic N) is 1. The predicted molar refractivity (Wildman–Crippen MR) is 73.0 cm³/mol. The van der Waals surface area contributed by atoms with Crippen molar-refractivity contribution in [1.82, 2.24) is 10.2 Å². The number of likely N-dealkylation sites (N-methyl/N-ethyl adjacent to an activating group) is 1. The Morgan fingerprint density at radius 1 is 1.50 bits per heavy atom. The molecular weight excluding hydrogens is 228 g/mol. The Hall–Kier alpha value is -0.610. The van der Waals surface area contributed by atoms with Gasteiger partial charge in [-0.3, -0.25) is 4.79 Å². The normalized spacial score (nSPS) is 26.3. The minimum atomic E-state index is -0.653. The van der Waals surface area contributed by atoms with Crippen LogP contribution in [0.25, 0.3) is 0 Å². The molecule has 0 radical (unpaired) electrons. The van der Waals surface area contributed by atoms with E-state index in [4.69, 9.17) is 0 Å². The van der Waals surface area contributed by atoms with E-state index in [-0.39, 0.29) is 22.8 Å². The minimum Gasteiger partial charge on any atom is -0.374 e. The number of likely N-dealkylation sites (tertiary alicyclic amines) is 1. The molecule has 106 valence electrons. The molecule has 18 heavy (non-hydrogen) atoms. The first-order chi connectivity index (χ1) is 8.07. The first kappa shape index (κ1) is 15.4. The van der Waals surface area contributed by atoms with Gasteiger partial charge in [0, 0.05) is 19.0 Å². The lowest BCUT2D eigenvalue weighted by Gasteiger charge is -2.43. The fraction of sp³-hybridized carbons (Fsp3) is 0.929. The van der Waals surface area contributed by atoms with Crippen LogP contribution in [0.4, 0.5) is 0 Å². The van der Waals surface area contributed by atoms with Crippen LogP contribution < -0.4 is 5.32 Å². The lowest BCUT2D eigenvalue weighted by molar-refractivity contribution is -0.155. The lowest BCUT2D eigenvalue weighted by atomic mass is 9.80. The van der Waals surface area contributed by atoms with E-state index in [0.29, 0.717) is 19.4 Å². The van der Waals surface area contributed by atoms with Crippen molar-refractivity contribution in [2.24, 2.45) is 10.8 Å². The number of nitrogens with one attached hydrogen (secondary N) is 1. The van der Waals surface area contributed by atoms with Gasteiger partial charge in [0.2, 0.25) is 5.91 Å². The van der Waals surface area contributed by atoms with Gasteiger partial charge in [0.1, 0.15) is 6.23 Å². The highest BCUT2D eigenvalue weighted by Crippen LogP contribution is 2.34. The summed E-state index contributed by atoms with van der Waals surface area (Å²) in [5, 5.41) is 13.4. The summed E-state index contributed by atoms with van der Waals surface area (Å²) in [4.78, 5) is 13.8. The largest absolute Gasteiger partial charge is 0.374 e. The van der Waals surface area contributed by atoms with E-state index in [2.05, 4.69) is 26.1 Å². The predicted octanol–water partition coefficient (Wildman–Crippen LogP) is 1.59. The van der Waals surface area contributed by atoms with E-state index in [1.807, 2.05) is 20.9 Å². The molecule has 1 amide bonds. The maximum Gasteiger partial charge on any atom is 0.225 e. The van der Waals surface area contributed by atoms with Crippen molar-refractivity contribution in [1.29, 1.82) is 0 Å². The number of rotatable bonds is 3. The topological polar surface area (TPSA) is 52.6 Å². The number of amides is 1. The molecule has 0 aromatic carbocycles. The van der Waals surface area contributed by atoms with E-state index in [1.54, 1.807) is 4.90 Å². The number of piperidine rings is 1. The minimum absolute atomic E-state index is 0.0573. The maximum absolute atomic E-state index is 12.1. The molecule has 1 aliphatic rings. The number of hydrogen-bond donors (Lipinski definition) is 2. The van der Waals surface area contributed by atoms with Crippen molar-refractivity contribution in [2.75, 3.05) is 13.6 Å². The second kappa shape index (κ2) is 5.17. The third-order valence-corrected chi connectivity index (χ3v) is 3.82. The fourth-order valence-electron chi connectivity index (χ4n) is 2.57. The molecule has 4 heteroatoms. The summed E-state index contributed by atoms with van der Waals surface area (Å²) in [7, 11) is 1.90. The SMILES string of the molecule is CNC(CN1C(=O)CC(C)(C)CC1O)C(C)(C)C. The van der Waals surface area contributed by atoms with Gasteiger partial charge >= 0.3 is 0 Å². The molecule has 4 nitrogen and oxygen atoms in total. The van der Waals surface area contributed by atoms with Gasteiger partial charge in [-0.1, -0.05) is 34.6 Å². The highest BCUT2D eigenvalue weighted by atomic mass is 16.3. The smallest absolute Gasteiger partial charge is 0.225 e. The van der Waals surface area contributed by atoms with Crippen LogP contribution in [0.3, 0.4) is 0 Å². The summed E-state index contributed by atoms with van der Waals surface area (Å²) >= 11 is 0. The van der Waals surface area contributed by atoms with Crippen LogP contribution in [0.15, 0.2) is 0 Å². The van der Waals surface area contributed by atoms with Crippen LogP contribution in [0.5, 0.6) is 0 Å². The Morgan fingerprint density at radius 2 is 2.06 bits per heavy atom. The zero-order valence-electron chi connectivity index (χ0n) is 12.6. The van der Waals surface area contributed by atoms with Crippen LogP contribution in [-0.2, 0) is 4.79 Å². The Kier molecular flexibility index (Phi) is 4.44. The van der Waals surface area contributed by atoms with E-state index >= 15 is 0 Å². The zero-order valence-corrected chi connectivity index (χ0v) is 12.6. The molecule has 2 atom stereocenters. The van der Waals surface area contributed by atoms with E-state index in [9.17, 15) is 9.90 Å². The maximum atomic E-state index is 12.1. The second-order valence-electron chi connectivity index (χ2n) is 7.28. The fourth-order valence-corrected chi connectivity index (χ4v) is 2.57. The number of carbonyl (C=O) groups excluding carboxylic acids is 1. The first-order valence-electron chi connectivity index (χ1n) is 6.71. The van der Waals surface area contributed by atoms with Crippen LogP contribution in [0, 0.1) is 10.8 Å². The molecule has 2 N–H and O–H groups in total. The Labute approximate surface area is 111 Å². The molecule has 0 aromatic heterocycles. The molecule has 1 heterocycles. The van der Waals surface area contributed by atoms with Crippen molar-refractivity contribution >= 4 is 5.91 Å². The third-order valence-electron chi connectivity index (χ3n) is 3.82. The van der Waals surface area contributed by atoms with Gasteiger partial charge in [-0.15, -0.1) is 0 Å². The van der Waals surface area contributed by atoms with Crippen molar-refractivity contribution in [2.45, 2.75) is 59.7 Å². The second-order valence-corrected chi connectivity index (χ2v) is 7.28. The van der Waals surface area contributed by atoms with Crippen molar-refractivity contribution in [3.8, 4) is 0 Å². The summed E-state index contributed by atoms with van der Waals surface area (Å²) in [6, 6.07) is 0.178. The molecule has 1 fully saturated rings. The quantitative estimate of drug-likeness (QED) is 0.806. The van der Waals surface area contributed by atoms with Crippen LogP contribution >= 0.6 is 0 Å². The number of aliphatic hydroxyl groups is 1. The summed E-state index contributed by atoms with van der Waals surface area (Å²) in [5.74, 6) is 0.0586. The van der Waals surface area contributed by atoms with Crippen molar-refractivity contribution < 1.29 is 9.90 Å². The zero-order chi connectivity index (χ0) is 14.1. The van der Waals surface area contributed by atoms with Gasteiger partial charge in [-0.2, -0.15) is 0 Å². The molecule has 1 rings (SSSR count). The van der Waals surface area contributed by atoms with Gasteiger partial charge in [-0.05, 0) is 24.3 Å². The van der Waals surface area contributed by atoms with E-state index in [0.717, 1.165) is 0 Å². The number of carbonyl (C=O) groups is 1. The molecule has 0 aliphatic carbocycles. The molecule has 0 aromatic rings. The number of hydrogen-bond acceptors (Lipinski definition) is 3. The number of aliphatic hydroxyl groups excluding tert-OH is 1. The molecular formula is C14H28N2O2. The van der Waals surface area contributed by atoms with Crippen molar-refractivity contribution in [3.05, 3.63) is 0 Å². The first-order valence-corrected chi connectivity index (χ1v) is 6.71. The average Bonchev–Trinajstić information content (AvgIpc) is 2.12. The summed E-state index contributed by atoms with van der Waals surface area (Å²) in [6.45, 7) is 11.0. The average molecular weight is 256 g/mol. The summed E-state index contributed by atoms with van der Waals surface area (Å²) in [6.07, 6.45) is 0.517. The van der Waals surface area contributed by atoms with E-state index in [1.165, 1.54) is 0 Å². The van der Waals surface area contributed by atoms with Crippen LogP contribution in [-0.4, -0.2) is 41.8 Å². The molecule has 0 saturated carbocycles. The van der Waals surface area contributed by atoms with Gasteiger partial charge in [-0.25, -0.2) is 0 Å². The van der Waals surface area contributed by atoms with Crippen LogP contribution in [0.2, 0.25) is 0 Å². The monoisotopic (exact) mass is 256 g/mol. The highest BCUT2D eigenvalue weighted by molar-refractivity contribution is 5.78. The van der Waals surface area contributed by atoms with Gasteiger partial charge in [0.05, 0.1) is 0 Å². The van der Waals surface area contributed by atoms with Crippen LogP contribution in [0.1, 0.15) is 47.5 Å². The summed E-state index contributed by atoms with van der Waals surface area (Å²) < 4.78 is 0. The molecule has 2 unspecified atom stereocenters. The summed E-state index contributed by atoms with van der Waals surface area (Å²) in [5.41, 5.74) is -0.0361. The Balaban J connectivity index is 2.75. The molecule has 1 aliphatic heterocycles. The van der Waals surface area contributed by atoms with Gasteiger partial charge in [0.15, 0.2) is 0 Å². The third kappa shape index (κ3) is 3.69. The standard InChI is InChI=1S/C14H28N2O2/c1-13(2,3)10(15-6)9-16-11(17)7-14(4,5)8-12(16)18/h10-11,15,17H,7-9H2,1-6H3. The molecule has 0 bridgehead atoms. The van der Waals surface area contributed by atoms with Gasteiger partial charge in [0.25, 0.3) is 0 Å².